The minimum absolute atomic E-state index is 0.0798. The highest BCUT2D eigenvalue weighted by Gasteiger charge is 2.56. The third-order valence-corrected chi connectivity index (χ3v) is 7.23. The first-order valence-electron chi connectivity index (χ1n) is 9.26. The van der Waals surface area contributed by atoms with Gasteiger partial charge in [-0.2, -0.15) is 0 Å². The van der Waals surface area contributed by atoms with Gasteiger partial charge in [-0.1, -0.05) is 13.3 Å². The molecule has 4 heteroatoms. The van der Waals surface area contributed by atoms with Crippen molar-refractivity contribution >= 4 is 11.9 Å². The van der Waals surface area contributed by atoms with Crippen LogP contribution in [0, 0.1) is 18.3 Å². The topological polar surface area (TPSA) is 52.6 Å². The van der Waals surface area contributed by atoms with Gasteiger partial charge in [-0.3, -0.25) is 9.59 Å². The number of fused-ring (bicyclic) bond motifs is 4. The lowest BCUT2D eigenvalue weighted by atomic mass is 9.49. The number of hydrogen-bond donors (Lipinski definition) is 0. The zero-order chi connectivity index (χ0) is 18.0. The van der Waals surface area contributed by atoms with Crippen molar-refractivity contribution < 1.29 is 19.1 Å². The summed E-state index contributed by atoms with van der Waals surface area (Å²) in [5, 5.41) is 0. The summed E-state index contributed by atoms with van der Waals surface area (Å²) >= 11 is 0. The van der Waals surface area contributed by atoms with E-state index in [0.29, 0.717) is 6.42 Å². The first-order valence-corrected chi connectivity index (χ1v) is 9.26. The Morgan fingerprint density at radius 3 is 2.76 bits per heavy atom. The molecule has 0 unspecified atom stereocenters. The maximum atomic E-state index is 12.6. The third-order valence-electron chi connectivity index (χ3n) is 7.23. The molecule has 3 atom stereocenters. The standard InChI is InChI=1S/C21H26O4/c1-12-13-6-7-17-20(2,8-5-9-21(17,3)19(23)24-4)15(13)11-16-14(12)10-18(22)25-16/h11,17H,5-10H2,1-4H3/t17-,20-,21-/m1/s1. The molecule has 4 rings (SSSR count). The highest BCUT2D eigenvalue weighted by Crippen LogP contribution is 2.58. The monoisotopic (exact) mass is 342 g/mol. The Balaban J connectivity index is 1.86. The van der Waals surface area contributed by atoms with Gasteiger partial charge in [0, 0.05) is 5.56 Å². The van der Waals surface area contributed by atoms with Gasteiger partial charge in [0.25, 0.3) is 0 Å². The predicted octanol–water partition coefficient (Wildman–Crippen LogP) is 3.64. The fourth-order valence-corrected chi connectivity index (χ4v) is 5.92. The summed E-state index contributed by atoms with van der Waals surface area (Å²) in [6.07, 6.45) is 5.28. The summed E-state index contributed by atoms with van der Waals surface area (Å²) < 4.78 is 10.6. The van der Waals surface area contributed by atoms with Crippen molar-refractivity contribution in [1.29, 1.82) is 0 Å². The van der Waals surface area contributed by atoms with Crippen molar-refractivity contribution in [3.8, 4) is 5.75 Å². The molecule has 4 nitrogen and oxygen atoms in total. The fourth-order valence-electron chi connectivity index (χ4n) is 5.92. The first-order chi connectivity index (χ1) is 11.8. The van der Waals surface area contributed by atoms with Crippen LogP contribution in [0.4, 0.5) is 0 Å². The van der Waals surface area contributed by atoms with E-state index in [1.807, 2.05) is 0 Å². The number of rotatable bonds is 1. The Bertz CT molecular complexity index is 781. The molecule has 25 heavy (non-hydrogen) atoms. The number of carbonyl (C=O) groups is 2. The molecular weight excluding hydrogens is 316 g/mol. The van der Waals surface area contributed by atoms with Crippen LogP contribution < -0.4 is 4.74 Å². The van der Waals surface area contributed by atoms with Crippen LogP contribution in [-0.2, 0) is 32.6 Å². The molecule has 0 bridgehead atoms. The van der Waals surface area contributed by atoms with Crippen molar-refractivity contribution in [3.63, 3.8) is 0 Å². The molecule has 134 valence electrons. The second kappa shape index (κ2) is 5.33. The van der Waals surface area contributed by atoms with E-state index in [1.54, 1.807) is 0 Å². The Labute approximate surface area is 148 Å². The second-order valence-electron chi connectivity index (χ2n) is 8.43. The Hall–Kier alpha value is -1.84. The number of hydrogen-bond acceptors (Lipinski definition) is 4. The van der Waals surface area contributed by atoms with Crippen molar-refractivity contribution in [2.75, 3.05) is 7.11 Å². The van der Waals surface area contributed by atoms with Crippen LogP contribution in [0.15, 0.2) is 6.07 Å². The van der Waals surface area contributed by atoms with Gasteiger partial charge in [0.2, 0.25) is 0 Å². The van der Waals surface area contributed by atoms with E-state index in [0.717, 1.165) is 43.4 Å². The van der Waals surface area contributed by atoms with Gasteiger partial charge in [0.1, 0.15) is 5.75 Å². The Morgan fingerprint density at radius 2 is 2.04 bits per heavy atom. The zero-order valence-electron chi connectivity index (χ0n) is 15.5. The minimum Gasteiger partial charge on any atom is -0.469 e. The average molecular weight is 342 g/mol. The molecule has 1 saturated carbocycles. The highest BCUT2D eigenvalue weighted by molar-refractivity contribution is 5.83. The largest absolute Gasteiger partial charge is 0.469 e. The molecule has 0 amide bonds. The molecule has 0 spiro atoms. The van der Waals surface area contributed by atoms with Crippen molar-refractivity contribution in [3.05, 3.63) is 28.3 Å². The number of benzene rings is 1. The van der Waals surface area contributed by atoms with Crippen LogP contribution in [-0.4, -0.2) is 19.0 Å². The summed E-state index contributed by atoms with van der Waals surface area (Å²) in [6.45, 7) is 6.48. The van der Waals surface area contributed by atoms with Crippen molar-refractivity contribution in [1.82, 2.24) is 0 Å². The number of ether oxygens (including phenoxy) is 2. The molecule has 0 N–H and O–H groups in total. The van der Waals surface area contributed by atoms with E-state index in [4.69, 9.17) is 9.47 Å². The van der Waals surface area contributed by atoms with Crippen LogP contribution in [0.3, 0.4) is 0 Å². The van der Waals surface area contributed by atoms with Gasteiger partial charge in [0.05, 0.1) is 18.9 Å². The molecule has 1 aromatic carbocycles. The van der Waals surface area contributed by atoms with Crippen LogP contribution in [0.2, 0.25) is 0 Å². The molecule has 1 fully saturated rings. The molecule has 0 aromatic heterocycles. The summed E-state index contributed by atoms with van der Waals surface area (Å²) in [6, 6.07) is 2.09. The molecule has 1 aliphatic heterocycles. The summed E-state index contributed by atoms with van der Waals surface area (Å²) in [5.41, 5.74) is 4.39. The van der Waals surface area contributed by atoms with Gasteiger partial charge in [-0.15, -0.1) is 0 Å². The maximum Gasteiger partial charge on any atom is 0.315 e. The van der Waals surface area contributed by atoms with Gasteiger partial charge in [0.15, 0.2) is 0 Å². The predicted molar refractivity (Wildman–Crippen MR) is 93.7 cm³/mol. The summed E-state index contributed by atoms with van der Waals surface area (Å²) in [4.78, 5) is 24.4. The van der Waals surface area contributed by atoms with E-state index in [-0.39, 0.29) is 23.3 Å². The van der Waals surface area contributed by atoms with E-state index < -0.39 is 5.41 Å². The minimum atomic E-state index is -0.441. The lowest BCUT2D eigenvalue weighted by Crippen LogP contribution is -2.52. The van der Waals surface area contributed by atoms with E-state index >= 15 is 0 Å². The summed E-state index contributed by atoms with van der Waals surface area (Å²) in [7, 11) is 1.49. The van der Waals surface area contributed by atoms with E-state index in [2.05, 4.69) is 26.8 Å². The van der Waals surface area contributed by atoms with Gasteiger partial charge < -0.3 is 9.47 Å². The number of methoxy groups -OCH3 is 1. The molecule has 0 radical (unpaired) electrons. The molecule has 2 aliphatic carbocycles. The molecular formula is C21H26O4. The number of carbonyl (C=O) groups excluding carboxylic acids is 2. The van der Waals surface area contributed by atoms with Gasteiger partial charge in [-0.05, 0) is 73.6 Å². The van der Waals surface area contributed by atoms with E-state index in [1.165, 1.54) is 23.8 Å². The van der Waals surface area contributed by atoms with Crippen molar-refractivity contribution in [2.45, 2.75) is 64.7 Å². The lowest BCUT2D eigenvalue weighted by molar-refractivity contribution is -0.161. The molecule has 1 heterocycles. The second-order valence-corrected chi connectivity index (χ2v) is 8.43. The first kappa shape index (κ1) is 16.6. The fraction of sp³-hybridized carbons (Fsp3) is 0.619. The quantitative estimate of drug-likeness (QED) is 0.577. The van der Waals surface area contributed by atoms with Gasteiger partial charge >= 0.3 is 11.9 Å². The lowest BCUT2D eigenvalue weighted by Gasteiger charge is -2.54. The third kappa shape index (κ3) is 2.12. The van der Waals surface area contributed by atoms with Crippen LogP contribution in [0.25, 0.3) is 0 Å². The Kier molecular flexibility index (Phi) is 3.54. The average Bonchev–Trinajstić information content (AvgIpc) is 2.95. The van der Waals surface area contributed by atoms with Crippen LogP contribution in [0.1, 0.15) is 61.8 Å². The van der Waals surface area contributed by atoms with Crippen LogP contribution in [0.5, 0.6) is 5.75 Å². The smallest absolute Gasteiger partial charge is 0.315 e. The zero-order valence-corrected chi connectivity index (χ0v) is 15.5. The van der Waals surface area contributed by atoms with Gasteiger partial charge in [-0.25, -0.2) is 0 Å². The normalized spacial score (nSPS) is 33.1. The van der Waals surface area contributed by atoms with E-state index in [9.17, 15) is 9.59 Å². The molecule has 1 aromatic rings. The summed E-state index contributed by atoms with van der Waals surface area (Å²) in [5.74, 6) is 0.734. The Morgan fingerprint density at radius 1 is 1.28 bits per heavy atom. The highest BCUT2D eigenvalue weighted by atomic mass is 16.5. The SMILES string of the molecule is COC(=O)[C@]1(C)CCC[C@]2(C)c3cc4c(c(C)c3CC[C@@H]12)CC(=O)O4. The number of esters is 2. The van der Waals surface area contributed by atoms with Crippen LogP contribution >= 0.6 is 0 Å². The maximum absolute atomic E-state index is 12.6. The molecule has 0 saturated heterocycles. The molecule has 3 aliphatic rings. The van der Waals surface area contributed by atoms with Crippen molar-refractivity contribution in [2.24, 2.45) is 11.3 Å².